The Morgan fingerprint density at radius 3 is 1.52 bits per heavy atom. The molecule has 0 saturated carbocycles. The van der Waals surface area contributed by atoms with Gasteiger partial charge in [-0.3, -0.25) is 0 Å². The van der Waals surface area contributed by atoms with Gasteiger partial charge in [0.2, 0.25) is 0 Å². The van der Waals surface area contributed by atoms with E-state index < -0.39 is 0 Å². The molecule has 0 fully saturated rings. The minimum Gasteiger partial charge on any atom is -0.490 e. The summed E-state index contributed by atoms with van der Waals surface area (Å²) >= 11 is 0. The fourth-order valence-corrected chi connectivity index (χ4v) is 4.21. The Morgan fingerprint density at radius 2 is 1.04 bits per heavy atom. The number of fused-ring (bicyclic) bond motifs is 7. The van der Waals surface area contributed by atoms with E-state index in [1.54, 1.807) is 0 Å². The van der Waals surface area contributed by atoms with Crippen LogP contribution in [-0.2, 0) is 0 Å². The van der Waals surface area contributed by atoms with Crippen LogP contribution < -0.4 is 9.47 Å². The molecule has 134 valence electrons. The van der Waals surface area contributed by atoms with E-state index in [-0.39, 0.29) is 12.2 Å². The summed E-state index contributed by atoms with van der Waals surface area (Å²) in [6.07, 6.45) is 1.01. The molecule has 2 nitrogen and oxygen atoms in total. The molecule has 0 spiro atoms. The van der Waals surface area contributed by atoms with Gasteiger partial charge in [0.1, 0.15) is 11.5 Å². The molecular formula is C25H22O2. The van der Waals surface area contributed by atoms with Crippen LogP contribution in [0.25, 0.3) is 32.7 Å². The summed E-state index contributed by atoms with van der Waals surface area (Å²) in [5.74, 6) is 1.85. The molecule has 0 aromatic heterocycles. The molecule has 0 saturated heterocycles. The van der Waals surface area contributed by atoms with Crippen molar-refractivity contribution in [3.63, 3.8) is 0 Å². The third-order valence-electron chi connectivity index (χ3n) is 5.35. The first-order chi connectivity index (χ1) is 13.2. The van der Waals surface area contributed by atoms with E-state index in [0.717, 1.165) is 29.0 Å². The normalized spacial score (nSPS) is 19.2. The van der Waals surface area contributed by atoms with Crippen molar-refractivity contribution in [1.82, 2.24) is 0 Å². The number of ether oxygens (including phenoxy) is 2. The highest BCUT2D eigenvalue weighted by Crippen LogP contribution is 2.46. The largest absolute Gasteiger partial charge is 0.490 e. The molecule has 0 aliphatic carbocycles. The molecule has 0 radical (unpaired) electrons. The molecule has 1 aliphatic rings. The van der Waals surface area contributed by atoms with E-state index in [4.69, 9.17) is 9.47 Å². The number of rotatable bonds is 0. The van der Waals surface area contributed by atoms with Crippen LogP contribution in [0.1, 0.15) is 20.3 Å². The van der Waals surface area contributed by atoms with Crippen LogP contribution in [-0.4, -0.2) is 12.2 Å². The van der Waals surface area contributed by atoms with Crippen LogP contribution in [0.4, 0.5) is 0 Å². The lowest BCUT2D eigenvalue weighted by atomic mass is 9.92. The summed E-state index contributed by atoms with van der Waals surface area (Å²) < 4.78 is 12.8. The van der Waals surface area contributed by atoms with Gasteiger partial charge in [-0.05, 0) is 47.5 Å². The van der Waals surface area contributed by atoms with Gasteiger partial charge >= 0.3 is 0 Å². The van der Waals surface area contributed by atoms with Gasteiger partial charge < -0.3 is 9.47 Å². The summed E-state index contributed by atoms with van der Waals surface area (Å²) in [6, 6.07) is 25.5. The number of hydrogen-bond acceptors (Lipinski definition) is 2. The van der Waals surface area contributed by atoms with Crippen LogP contribution in [0.2, 0.25) is 0 Å². The van der Waals surface area contributed by atoms with E-state index in [2.05, 4.69) is 86.6 Å². The minimum atomic E-state index is 0.0838. The summed E-state index contributed by atoms with van der Waals surface area (Å²) in [5, 5.41) is 4.80. The topological polar surface area (TPSA) is 18.5 Å². The second-order valence-corrected chi connectivity index (χ2v) is 7.41. The van der Waals surface area contributed by atoms with Crippen LogP contribution in [0.5, 0.6) is 11.5 Å². The Kier molecular flexibility index (Phi) is 3.78. The van der Waals surface area contributed by atoms with Crippen LogP contribution in [0.3, 0.4) is 0 Å². The highest BCUT2D eigenvalue weighted by molar-refractivity contribution is 6.09. The Balaban J connectivity index is 1.95. The molecule has 2 heteroatoms. The quantitative estimate of drug-likeness (QED) is 0.354. The van der Waals surface area contributed by atoms with Gasteiger partial charge in [-0.2, -0.15) is 0 Å². The predicted molar refractivity (Wildman–Crippen MR) is 112 cm³/mol. The Labute approximate surface area is 159 Å². The van der Waals surface area contributed by atoms with Crippen molar-refractivity contribution >= 4 is 21.5 Å². The zero-order valence-electron chi connectivity index (χ0n) is 15.6. The van der Waals surface area contributed by atoms with Crippen LogP contribution in [0, 0.1) is 0 Å². The molecule has 5 rings (SSSR count). The summed E-state index contributed by atoms with van der Waals surface area (Å²) in [4.78, 5) is 0. The van der Waals surface area contributed by atoms with Crippen molar-refractivity contribution < 1.29 is 9.47 Å². The monoisotopic (exact) mass is 354 g/mol. The molecular weight excluding hydrogens is 332 g/mol. The standard InChI is InChI=1S/C25H22O2/c1-16-15-17(2)27-23-14-12-19-8-4-6-10-21(19)25(23)24-20-9-5-3-7-18(20)11-13-22(24)26-16/h3-14,16-17H,15H2,1-2H3/t16-,17-/m0/s1. The smallest absolute Gasteiger partial charge is 0.128 e. The molecule has 4 aromatic rings. The molecule has 0 bridgehead atoms. The lowest BCUT2D eigenvalue weighted by molar-refractivity contribution is 0.134. The average molecular weight is 354 g/mol. The molecule has 1 aliphatic heterocycles. The fourth-order valence-electron chi connectivity index (χ4n) is 4.21. The van der Waals surface area contributed by atoms with Gasteiger partial charge in [-0.25, -0.2) is 0 Å². The highest BCUT2D eigenvalue weighted by Gasteiger charge is 2.24. The van der Waals surface area contributed by atoms with E-state index in [1.807, 2.05) is 0 Å². The van der Waals surface area contributed by atoms with Crippen molar-refractivity contribution in [1.29, 1.82) is 0 Å². The maximum atomic E-state index is 6.42. The molecule has 0 amide bonds. The Bertz CT molecular complexity index is 1050. The van der Waals surface area contributed by atoms with Gasteiger partial charge in [-0.1, -0.05) is 60.7 Å². The molecule has 0 N–H and O–H groups in total. The molecule has 27 heavy (non-hydrogen) atoms. The van der Waals surface area contributed by atoms with Crippen molar-refractivity contribution in [3.8, 4) is 22.6 Å². The van der Waals surface area contributed by atoms with Gasteiger partial charge in [0.15, 0.2) is 0 Å². The Hall–Kier alpha value is -3.00. The SMILES string of the molecule is C[C@H]1C[C@H](C)Oc2ccc3ccccc3c2-c2c(ccc3ccccc23)O1. The Morgan fingerprint density at radius 1 is 0.593 bits per heavy atom. The summed E-state index contributed by atoms with van der Waals surface area (Å²) in [6.45, 7) is 4.24. The lowest BCUT2D eigenvalue weighted by Crippen LogP contribution is -2.22. The number of benzene rings is 4. The molecule has 1 heterocycles. The summed E-state index contributed by atoms with van der Waals surface area (Å²) in [5.41, 5.74) is 2.25. The third kappa shape index (κ3) is 2.73. The minimum absolute atomic E-state index is 0.0838. The molecule has 0 unspecified atom stereocenters. The first kappa shape index (κ1) is 16.2. The van der Waals surface area contributed by atoms with Crippen molar-refractivity contribution in [2.24, 2.45) is 0 Å². The van der Waals surface area contributed by atoms with E-state index in [1.165, 1.54) is 21.5 Å². The van der Waals surface area contributed by atoms with Gasteiger partial charge in [0.25, 0.3) is 0 Å². The molecule has 4 aromatic carbocycles. The van der Waals surface area contributed by atoms with Gasteiger partial charge in [0, 0.05) is 17.5 Å². The first-order valence-electron chi connectivity index (χ1n) is 9.58. The van der Waals surface area contributed by atoms with Crippen LogP contribution >= 0.6 is 0 Å². The third-order valence-corrected chi connectivity index (χ3v) is 5.35. The van der Waals surface area contributed by atoms with Gasteiger partial charge in [-0.15, -0.1) is 0 Å². The maximum absolute atomic E-state index is 6.42. The predicted octanol–water partition coefficient (Wildman–Crippen LogP) is 6.60. The maximum Gasteiger partial charge on any atom is 0.128 e. The van der Waals surface area contributed by atoms with Crippen molar-refractivity contribution in [2.75, 3.05) is 0 Å². The summed E-state index contributed by atoms with van der Waals surface area (Å²) in [7, 11) is 0. The second kappa shape index (κ2) is 6.31. The van der Waals surface area contributed by atoms with Crippen molar-refractivity contribution in [2.45, 2.75) is 32.5 Å². The fraction of sp³-hybridized carbons (Fsp3) is 0.200. The van der Waals surface area contributed by atoms with E-state index in [9.17, 15) is 0 Å². The van der Waals surface area contributed by atoms with Crippen LogP contribution in [0.15, 0.2) is 72.8 Å². The zero-order chi connectivity index (χ0) is 18.4. The second-order valence-electron chi connectivity index (χ2n) is 7.41. The average Bonchev–Trinajstić information content (AvgIpc) is 2.73. The zero-order valence-corrected chi connectivity index (χ0v) is 15.6. The highest BCUT2D eigenvalue weighted by atomic mass is 16.5. The lowest BCUT2D eigenvalue weighted by Gasteiger charge is -2.18. The van der Waals surface area contributed by atoms with Gasteiger partial charge in [0.05, 0.1) is 12.2 Å². The molecule has 2 atom stereocenters. The first-order valence-corrected chi connectivity index (χ1v) is 9.58. The van der Waals surface area contributed by atoms with E-state index >= 15 is 0 Å². The van der Waals surface area contributed by atoms with E-state index in [0.29, 0.717) is 0 Å². The van der Waals surface area contributed by atoms with Crippen molar-refractivity contribution in [3.05, 3.63) is 72.8 Å². The number of hydrogen-bond donors (Lipinski definition) is 0.